The molecule has 2 heterocycles. The number of carbonyl (C=O) groups excluding carboxylic acids is 1. The molecule has 1 aliphatic rings. The van der Waals surface area contributed by atoms with Crippen molar-refractivity contribution in [2.75, 3.05) is 26.3 Å². The first-order valence-corrected chi connectivity index (χ1v) is 7.47. The van der Waals surface area contributed by atoms with Crippen LogP contribution >= 0.6 is 0 Å². The molecule has 116 valence electrons. The predicted octanol–water partition coefficient (Wildman–Crippen LogP) is 1.84. The van der Waals surface area contributed by atoms with E-state index in [1.807, 2.05) is 36.1 Å². The summed E-state index contributed by atoms with van der Waals surface area (Å²) in [6, 6.07) is 7.94. The molecule has 2 aromatic rings. The van der Waals surface area contributed by atoms with Gasteiger partial charge in [-0.3, -0.25) is 4.79 Å². The maximum Gasteiger partial charge on any atom is 0.227 e. The minimum atomic E-state index is 0.110. The molecule has 3 rings (SSSR count). The largest absolute Gasteiger partial charge is 0.378 e. The number of carbonyl (C=O) groups is 1. The van der Waals surface area contributed by atoms with Gasteiger partial charge in [0.2, 0.25) is 17.6 Å². The number of hydrogen-bond donors (Lipinski definition) is 0. The lowest BCUT2D eigenvalue weighted by atomic mass is 10.1. The molecule has 0 aliphatic carbocycles. The van der Waals surface area contributed by atoms with E-state index in [1.165, 1.54) is 5.56 Å². The Morgan fingerprint density at radius 2 is 1.95 bits per heavy atom. The Hall–Kier alpha value is -2.21. The van der Waals surface area contributed by atoms with Gasteiger partial charge in [-0.05, 0) is 6.92 Å². The van der Waals surface area contributed by atoms with Gasteiger partial charge >= 0.3 is 0 Å². The maximum atomic E-state index is 12.1. The van der Waals surface area contributed by atoms with Gasteiger partial charge in [0.15, 0.2) is 0 Å². The van der Waals surface area contributed by atoms with E-state index in [0.29, 0.717) is 50.9 Å². The number of morpholine rings is 1. The van der Waals surface area contributed by atoms with E-state index in [2.05, 4.69) is 10.1 Å². The van der Waals surface area contributed by atoms with Crippen molar-refractivity contribution in [3.05, 3.63) is 35.7 Å². The Morgan fingerprint density at radius 1 is 1.23 bits per heavy atom. The first kappa shape index (κ1) is 14.7. The average Bonchev–Trinajstić information content (AvgIpc) is 3.03. The highest BCUT2D eigenvalue weighted by Crippen LogP contribution is 2.17. The van der Waals surface area contributed by atoms with Gasteiger partial charge in [0.1, 0.15) is 0 Å². The first-order chi connectivity index (χ1) is 10.7. The van der Waals surface area contributed by atoms with Crippen LogP contribution in [0.5, 0.6) is 0 Å². The van der Waals surface area contributed by atoms with Crippen molar-refractivity contribution in [1.29, 1.82) is 0 Å². The Bertz CT molecular complexity index is 630. The van der Waals surface area contributed by atoms with E-state index in [9.17, 15) is 4.79 Å². The van der Waals surface area contributed by atoms with Crippen LogP contribution in [0.15, 0.2) is 28.8 Å². The van der Waals surface area contributed by atoms with Crippen molar-refractivity contribution in [2.45, 2.75) is 19.8 Å². The number of benzene rings is 1. The molecule has 0 N–H and O–H groups in total. The van der Waals surface area contributed by atoms with Crippen LogP contribution in [0.25, 0.3) is 11.4 Å². The molecule has 6 heteroatoms. The number of hydrogen-bond acceptors (Lipinski definition) is 5. The quantitative estimate of drug-likeness (QED) is 0.862. The van der Waals surface area contributed by atoms with Gasteiger partial charge in [0.25, 0.3) is 0 Å². The van der Waals surface area contributed by atoms with Crippen molar-refractivity contribution in [3.8, 4) is 11.4 Å². The molecule has 0 spiro atoms. The Kier molecular flexibility index (Phi) is 4.48. The molecule has 0 saturated carbocycles. The second-order valence-electron chi connectivity index (χ2n) is 5.37. The van der Waals surface area contributed by atoms with Crippen LogP contribution in [0.4, 0.5) is 0 Å². The summed E-state index contributed by atoms with van der Waals surface area (Å²) in [7, 11) is 0. The number of ether oxygens (including phenoxy) is 1. The standard InChI is InChI=1S/C16H19N3O3/c1-12-2-4-13(5-3-12)16-17-14(22-18-16)6-7-15(20)19-8-10-21-11-9-19/h2-5H,6-11H2,1H3. The van der Waals surface area contributed by atoms with Crippen LogP contribution in [0.1, 0.15) is 17.9 Å². The highest BCUT2D eigenvalue weighted by atomic mass is 16.5. The van der Waals surface area contributed by atoms with E-state index in [-0.39, 0.29) is 5.91 Å². The number of rotatable bonds is 4. The fraction of sp³-hybridized carbons (Fsp3) is 0.438. The van der Waals surface area contributed by atoms with E-state index in [1.54, 1.807) is 0 Å². The highest BCUT2D eigenvalue weighted by molar-refractivity contribution is 5.76. The van der Waals surface area contributed by atoms with Crippen LogP contribution in [0.3, 0.4) is 0 Å². The number of aryl methyl sites for hydroxylation is 2. The maximum absolute atomic E-state index is 12.1. The van der Waals surface area contributed by atoms with Gasteiger partial charge < -0.3 is 14.2 Å². The third-order valence-electron chi connectivity index (χ3n) is 3.69. The topological polar surface area (TPSA) is 68.5 Å². The van der Waals surface area contributed by atoms with Crippen molar-refractivity contribution in [2.24, 2.45) is 0 Å². The summed E-state index contributed by atoms with van der Waals surface area (Å²) in [5, 5.41) is 3.98. The van der Waals surface area contributed by atoms with Crippen LogP contribution in [0, 0.1) is 6.92 Å². The fourth-order valence-corrected chi connectivity index (χ4v) is 2.36. The summed E-state index contributed by atoms with van der Waals surface area (Å²) >= 11 is 0. The minimum absolute atomic E-state index is 0.110. The molecule has 6 nitrogen and oxygen atoms in total. The zero-order chi connectivity index (χ0) is 15.4. The summed E-state index contributed by atoms with van der Waals surface area (Å²) in [4.78, 5) is 18.2. The van der Waals surface area contributed by atoms with Crippen LogP contribution in [-0.2, 0) is 16.0 Å². The summed E-state index contributed by atoms with van der Waals surface area (Å²) < 4.78 is 10.5. The first-order valence-electron chi connectivity index (χ1n) is 7.47. The smallest absolute Gasteiger partial charge is 0.227 e. The molecule has 0 bridgehead atoms. The highest BCUT2D eigenvalue weighted by Gasteiger charge is 2.18. The lowest BCUT2D eigenvalue weighted by molar-refractivity contribution is -0.135. The molecule has 0 atom stereocenters. The monoisotopic (exact) mass is 301 g/mol. The van der Waals surface area contributed by atoms with Gasteiger partial charge in [-0.1, -0.05) is 35.0 Å². The molecule has 1 saturated heterocycles. The van der Waals surface area contributed by atoms with Crippen molar-refractivity contribution >= 4 is 5.91 Å². The fourth-order valence-electron chi connectivity index (χ4n) is 2.36. The third-order valence-corrected chi connectivity index (χ3v) is 3.69. The van der Waals surface area contributed by atoms with E-state index in [0.717, 1.165) is 5.56 Å². The molecule has 22 heavy (non-hydrogen) atoms. The summed E-state index contributed by atoms with van der Waals surface area (Å²) in [5.41, 5.74) is 2.10. The summed E-state index contributed by atoms with van der Waals surface area (Å²) in [6.45, 7) is 4.59. The Morgan fingerprint density at radius 3 is 2.68 bits per heavy atom. The van der Waals surface area contributed by atoms with Crippen LogP contribution in [-0.4, -0.2) is 47.3 Å². The van der Waals surface area contributed by atoms with Crippen molar-refractivity contribution in [1.82, 2.24) is 15.0 Å². The van der Waals surface area contributed by atoms with Gasteiger partial charge in [-0.25, -0.2) is 0 Å². The van der Waals surface area contributed by atoms with Gasteiger partial charge in [0.05, 0.1) is 13.2 Å². The van der Waals surface area contributed by atoms with E-state index in [4.69, 9.17) is 9.26 Å². The lowest BCUT2D eigenvalue weighted by Gasteiger charge is -2.26. The predicted molar refractivity (Wildman–Crippen MR) is 80.2 cm³/mol. The van der Waals surface area contributed by atoms with Gasteiger partial charge in [-0.2, -0.15) is 4.98 Å². The number of aromatic nitrogens is 2. The van der Waals surface area contributed by atoms with Crippen molar-refractivity contribution < 1.29 is 14.1 Å². The van der Waals surface area contributed by atoms with E-state index >= 15 is 0 Å². The van der Waals surface area contributed by atoms with E-state index < -0.39 is 0 Å². The van der Waals surface area contributed by atoms with Crippen LogP contribution in [0.2, 0.25) is 0 Å². The number of nitrogens with zero attached hydrogens (tertiary/aromatic N) is 3. The van der Waals surface area contributed by atoms with Crippen LogP contribution < -0.4 is 0 Å². The molecule has 1 amide bonds. The molecule has 1 fully saturated rings. The normalized spacial score (nSPS) is 15.0. The third kappa shape index (κ3) is 3.51. The summed E-state index contributed by atoms with van der Waals surface area (Å²) in [5.74, 6) is 1.17. The summed E-state index contributed by atoms with van der Waals surface area (Å²) in [6.07, 6.45) is 0.852. The molecular formula is C16H19N3O3. The average molecular weight is 301 g/mol. The molecule has 1 aromatic heterocycles. The zero-order valence-electron chi connectivity index (χ0n) is 12.6. The lowest BCUT2D eigenvalue weighted by Crippen LogP contribution is -2.40. The number of amides is 1. The second-order valence-corrected chi connectivity index (χ2v) is 5.37. The Labute approximate surface area is 129 Å². The zero-order valence-corrected chi connectivity index (χ0v) is 12.6. The molecule has 0 unspecified atom stereocenters. The molecule has 1 aromatic carbocycles. The molecule has 0 radical (unpaired) electrons. The van der Waals surface area contributed by atoms with Gasteiger partial charge in [-0.15, -0.1) is 0 Å². The Balaban J connectivity index is 1.57. The van der Waals surface area contributed by atoms with Crippen molar-refractivity contribution in [3.63, 3.8) is 0 Å². The second kappa shape index (κ2) is 6.70. The van der Waals surface area contributed by atoms with Gasteiger partial charge in [0, 0.05) is 31.5 Å². The molecule has 1 aliphatic heterocycles. The SMILES string of the molecule is Cc1ccc(-c2noc(CCC(=O)N3CCOCC3)n2)cc1. The molecular weight excluding hydrogens is 282 g/mol. The minimum Gasteiger partial charge on any atom is -0.378 e.